The van der Waals surface area contributed by atoms with Crippen LogP contribution in [0, 0.1) is 0 Å². The molecule has 0 aliphatic carbocycles. The zero-order valence-corrected chi connectivity index (χ0v) is 21.5. The van der Waals surface area contributed by atoms with Crippen molar-refractivity contribution in [2.45, 2.75) is 56.0 Å². The average Bonchev–Trinajstić information content (AvgIpc) is 3.19. The number of piperazine rings is 1. The van der Waals surface area contributed by atoms with Crippen LogP contribution in [0.5, 0.6) is 0 Å². The third-order valence-corrected chi connectivity index (χ3v) is 8.35. The summed E-state index contributed by atoms with van der Waals surface area (Å²) in [6.07, 6.45) is -0.111. The monoisotopic (exact) mass is 499 g/mol. The Labute approximate surface area is 207 Å². The lowest BCUT2D eigenvalue weighted by Crippen LogP contribution is -2.57. The van der Waals surface area contributed by atoms with Crippen molar-refractivity contribution in [2.75, 3.05) is 31.1 Å². The normalized spacial score (nSPS) is 21.0. The van der Waals surface area contributed by atoms with Gasteiger partial charge in [0.15, 0.2) is 9.84 Å². The molecule has 1 fully saturated rings. The highest BCUT2D eigenvalue weighted by atomic mass is 32.2. The summed E-state index contributed by atoms with van der Waals surface area (Å²) in [4.78, 5) is 31.4. The lowest BCUT2D eigenvalue weighted by atomic mass is 10.2. The number of carbonyl (C=O) groups excluding carboxylic acids is 2. The zero-order valence-electron chi connectivity index (χ0n) is 20.7. The Morgan fingerprint density at radius 2 is 1.66 bits per heavy atom. The minimum Gasteiger partial charge on any atom is -0.444 e. The van der Waals surface area contributed by atoms with Gasteiger partial charge in [-0.1, -0.05) is 36.4 Å². The summed E-state index contributed by atoms with van der Waals surface area (Å²) in [5.41, 5.74) is 0.905. The quantitative estimate of drug-likeness (QED) is 0.642. The summed E-state index contributed by atoms with van der Waals surface area (Å²) >= 11 is 0. The van der Waals surface area contributed by atoms with Gasteiger partial charge in [-0.3, -0.25) is 14.6 Å². The number of para-hydroxylation sites is 1. The fourth-order valence-corrected chi connectivity index (χ4v) is 6.46. The van der Waals surface area contributed by atoms with E-state index in [2.05, 4.69) is 0 Å². The molecule has 2 aromatic rings. The fourth-order valence-electron chi connectivity index (χ4n) is 4.70. The van der Waals surface area contributed by atoms with Crippen LogP contribution in [0.3, 0.4) is 0 Å². The molecular weight excluding hydrogens is 466 g/mol. The Morgan fingerprint density at radius 3 is 2.31 bits per heavy atom. The Morgan fingerprint density at radius 1 is 1.00 bits per heavy atom. The van der Waals surface area contributed by atoms with Crippen LogP contribution in [0.1, 0.15) is 33.3 Å². The van der Waals surface area contributed by atoms with Crippen LogP contribution in [-0.2, 0) is 25.8 Å². The van der Waals surface area contributed by atoms with Crippen LogP contribution >= 0.6 is 0 Å². The molecule has 2 atom stereocenters. The number of sulfone groups is 1. The molecule has 2 aromatic carbocycles. The van der Waals surface area contributed by atoms with Gasteiger partial charge in [-0.15, -0.1) is 0 Å². The van der Waals surface area contributed by atoms with E-state index in [1.54, 1.807) is 41.3 Å². The van der Waals surface area contributed by atoms with E-state index in [4.69, 9.17) is 4.74 Å². The third kappa shape index (κ3) is 5.36. The molecule has 0 bridgehead atoms. The number of hydrogen-bond donors (Lipinski definition) is 0. The van der Waals surface area contributed by atoms with E-state index in [-0.39, 0.29) is 35.9 Å². The average molecular weight is 500 g/mol. The first-order chi connectivity index (χ1) is 16.5. The van der Waals surface area contributed by atoms with Crippen molar-refractivity contribution in [3.8, 4) is 0 Å². The van der Waals surface area contributed by atoms with Gasteiger partial charge >= 0.3 is 6.09 Å². The predicted octanol–water partition coefficient (Wildman–Crippen LogP) is 3.32. The Kier molecular flexibility index (Phi) is 6.92. The van der Waals surface area contributed by atoms with Crippen LogP contribution < -0.4 is 4.90 Å². The molecule has 35 heavy (non-hydrogen) atoms. The number of nitrogens with zero attached hydrogens (tertiary/aromatic N) is 3. The maximum absolute atomic E-state index is 13.6. The highest BCUT2D eigenvalue weighted by Gasteiger charge is 2.43. The molecule has 2 aliphatic rings. The van der Waals surface area contributed by atoms with Crippen molar-refractivity contribution in [3.05, 3.63) is 60.2 Å². The second-order valence-electron chi connectivity index (χ2n) is 10.2. The summed E-state index contributed by atoms with van der Waals surface area (Å²) < 4.78 is 32.6. The van der Waals surface area contributed by atoms with E-state index in [1.165, 1.54) is 4.90 Å². The van der Waals surface area contributed by atoms with E-state index in [0.717, 1.165) is 5.56 Å². The van der Waals surface area contributed by atoms with Gasteiger partial charge in [0, 0.05) is 37.8 Å². The van der Waals surface area contributed by atoms with E-state index in [0.29, 0.717) is 25.3 Å². The number of carbonyl (C=O) groups is 2. The summed E-state index contributed by atoms with van der Waals surface area (Å²) in [7, 11) is -3.77. The molecule has 4 rings (SSSR count). The number of fused-ring (bicyclic) bond motifs is 1. The molecule has 8 nitrogen and oxygen atoms in total. The van der Waals surface area contributed by atoms with Crippen molar-refractivity contribution in [3.63, 3.8) is 0 Å². The molecule has 2 amide bonds. The molecule has 9 heteroatoms. The maximum Gasteiger partial charge on any atom is 0.410 e. The standard InChI is InChI=1S/C26H33N3O5S/c1-19-17-27(14-15-28(19)25(31)34-26(2,3)4)18-23(30)29-22-13-9-8-10-20(22)16-24(29)35(32,33)21-11-6-5-7-12-21/h5-13,19,24H,14-18H2,1-4H3. The van der Waals surface area contributed by atoms with Crippen molar-refractivity contribution < 1.29 is 22.7 Å². The van der Waals surface area contributed by atoms with Crippen molar-refractivity contribution in [1.29, 1.82) is 0 Å². The zero-order chi connectivity index (χ0) is 25.4. The molecule has 0 spiro atoms. The number of benzene rings is 2. The van der Waals surface area contributed by atoms with E-state index in [9.17, 15) is 18.0 Å². The van der Waals surface area contributed by atoms with Crippen molar-refractivity contribution in [1.82, 2.24) is 9.80 Å². The van der Waals surface area contributed by atoms with Crippen LogP contribution in [-0.4, -0.2) is 73.4 Å². The minimum absolute atomic E-state index is 0.0711. The lowest BCUT2D eigenvalue weighted by Gasteiger charge is -2.40. The van der Waals surface area contributed by atoms with Crippen LogP contribution in [0.4, 0.5) is 10.5 Å². The number of ether oxygens (including phenoxy) is 1. The summed E-state index contributed by atoms with van der Waals surface area (Å²) in [5, 5.41) is -0.990. The highest BCUT2D eigenvalue weighted by molar-refractivity contribution is 7.92. The van der Waals surface area contributed by atoms with Gasteiger partial charge in [-0.2, -0.15) is 0 Å². The topological polar surface area (TPSA) is 87.2 Å². The molecule has 0 N–H and O–H groups in total. The van der Waals surface area contributed by atoms with E-state index in [1.807, 2.05) is 50.8 Å². The Balaban J connectivity index is 1.51. The number of hydrogen-bond acceptors (Lipinski definition) is 6. The number of amides is 2. The fraction of sp³-hybridized carbons (Fsp3) is 0.462. The molecular formula is C26H33N3O5S. The molecule has 0 radical (unpaired) electrons. The molecule has 1 saturated heterocycles. The Bertz CT molecular complexity index is 1190. The Hall–Kier alpha value is -2.91. The molecule has 188 valence electrons. The van der Waals surface area contributed by atoms with Gasteiger partial charge in [-0.25, -0.2) is 13.2 Å². The molecule has 2 heterocycles. The van der Waals surface area contributed by atoms with E-state index < -0.39 is 20.8 Å². The summed E-state index contributed by atoms with van der Waals surface area (Å²) in [6, 6.07) is 15.5. The van der Waals surface area contributed by atoms with Gasteiger partial charge in [0.25, 0.3) is 0 Å². The van der Waals surface area contributed by atoms with Crippen LogP contribution in [0.2, 0.25) is 0 Å². The van der Waals surface area contributed by atoms with Gasteiger partial charge in [0.2, 0.25) is 5.91 Å². The minimum atomic E-state index is -3.77. The largest absolute Gasteiger partial charge is 0.444 e. The first-order valence-corrected chi connectivity index (χ1v) is 13.4. The van der Waals surface area contributed by atoms with Crippen LogP contribution in [0.25, 0.3) is 0 Å². The SMILES string of the molecule is CC1CN(CC(=O)N2c3ccccc3CC2S(=O)(=O)c2ccccc2)CCN1C(=O)OC(C)(C)C. The van der Waals surface area contributed by atoms with Gasteiger partial charge in [0.05, 0.1) is 11.4 Å². The van der Waals surface area contributed by atoms with Crippen molar-refractivity contribution >= 4 is 27.5 Å². The second kappa shape index (κ2) is 9.62. The first kappa shape index (κ1) is 25.2. The second-order valence-corrected chi connectivity index (χ2v) is 12.3. The molecule has 0 aromatic heterocycles. The molecule has 2 aliphatic heterocycles. The van der Waals surface area contributed by atoms with Gasteiger partial charge in [0.1, 0.15) is 11.0 Å². The maximum atomic E-state index is 13.6. The van der Waals surface area contributed by atoms with Gasteiger partial charge < -0.3 is 9.64 Å². The van der Waals surface area contributed by atoms with Gasteiger partial charge in [-0.05, 0) is 51.5 Å². The highest BCUT2D eigenvalue weighted by Crippen LogP contribution is 2.36. The van der Waals surface area contributed by atoms with Crippen LogP contribution in [0.15, 0.2) is 59.5 Å². The smallest absolute Gasteiger partial charge is 0.410 e. The molecule has 0 saturated carbocycles. The summed E-state index contributed by atoms with van der Waals surface area (Å²) in [6.45, 7) is 8.92. The van der Waals surface area contributed by atoms with Crippen molar-refractivity contribution in [2.24, 2.45) is 0 Å². The molecule has 2 unspecified atom stereocenters. The van der Waals surface area contributed by atoms with E-state index >= 15 is 0 Å². The third-order valence-electron chi connectivity index (χ3n) is 6.33. The predicted molar refractivity (Wildman–Crippen MR) is 134 cm³/mol. The summed E-state index contributed by atoms with van der Waals surface area (Å²) in [5.74, 6) is -0.266. The number of rotatable bonds is 4. The first-order valence-electron chi connectivity index (χ1n) is 11.9. The number of anilines is 1. The lowest BCUT2D eigenvalue weighted by molar-refractivity contribution is -0.120.